The van der Waals surface area contributed by atoms with Crippen molar-refractivity contribution in [3.05, 3.63) is 24.4 Å². The van der Waals surface area contributed by atoms with Crippen molar-refractivity contribution in [2.24, 2.45) is 0 Å². The van der Waals surface area contributed by atoms with Crippen LogP contribution in [0.25, 0.3) is 5.65 Å². The van der Waals surface area contributed by atoms with Gasteiger partial charge in [-0.1, -0.05) is 6.07 Å². The number of anilines is 1. The molecule has 0 bridgehead atoms. The number of pyridine rings is 1. The number of nitrogens with zero attached hydrogens (tertiary/aromatic N) is 2. The summed E-state index contributed by atoms with van der Waals surface area (Å²) in [6.07, 6.45) is 2.55. The third-order valence-corrected chi connectivity index (χ3v) is 4.98. The van der Waals surface area contributed by atoms with Crippen LogP contribution in [-0.4, -0.2) is 44.8 Å². The van der Waals surface area contributed by atoms with Gasteiger partial charge in [0.1, 0.15) is 15.5 Å². The summed E-state index contributed by atoms with van der Waals surface area (Å²) in [5.74, 6) is -0.425. The van der Waals surface area contributed by atoms with Gasteiger partial charge in [-0.05, 0) is 12.1 Å². The number of hydrogen-bond acceptors (Lipinski definition) is 6. The van der Waals surface area contributed by atoms with Crippen LogP contribution in [0.2, 0.25) is 0 Å². The highest BCUT2D eigenvalue weighted by atomic mass is 32.2. The largest absolute Gasteiger partial charge is 0.381 e. The van der Waals surface area contributed by atoms with Crippen molar-refractivity contribution in [3.8, 4) is 0 Å². The number of nitrogen functional groups attached to an aromatic ring is 1. The van der Waals surface area contributed by atoms with Gasteiger partial charge in [-0.15, -0.1) is 0 Å². The van der Waals surface area contributed by atoms with Crippen LogP contribution in [0, 0.1) is 0 Å². The zero-order chi connectivity index (χ0) is 15.0. The molecule has 0 radical (unpaired) electrons. The summed E-state index contributed by atoms with van der Waals surface area (Å²) < 4.78 is 49.9. The van der Waals surface area contributed by atoms with Crippen LogP contribution in [-0.2, 0) is 19.9 Å². The molecule has 0 saturated heterocycles. The molecule has 2 heterocycles. The highest BCUT2D eigenvalue weighted by molar-refractivity contribution is 7.91. The molecule has 0 aliphatic carbocycles. The second-order valence-corrected chi connectivity index (χ2v) is 8.20. The molecule has 8 nitrogen and oxygen atoms in total. The summed E-state index contributed by atoms with van der Waals surface area (Å²) in [7, 11) is -7.18. The molecule has 2 aromatic heterocycles. The molecule has 0 atom stereocenters. The Morgan fingerprint density at radius 2 is 2.00 bits per heavy atom. The summed E-state index contributed by atoms with van der Waals surface area (Å²) in [5.41, 5.74) is 6.02. The molecular weight excluding hydrogens is 304 g/mol. The molecule has 10 heteroatoms. The fourth-order valence-electron chi connectivity index (χ4n) is 1.69. The van der Waals surface area contributed by atoms with Gasteiger partial charge < -0.3 is 5.73 Å². The maximum atomic E-state index is 12.2. The molecule has 0 aromatic carbocycles. The zero-order valence-corrected chi connectivity index (χ0v) is 12.3. The van der Waals surface area contributed by atoms with Crippen LogP contribution in [0.4, 0.5) is 5.82 Å². The standard InChI is InChI=1S/C10H14N4O4S2/c1-19(15,16)7-5-12-20(17,18)10-9(11)13-8-4-2-3-6-14(8)10/h2-4,6,12H,5,7,11H2,1H3. The Hall–Kier alpha value is -1.65. The van der Waals surface area contributed by atoms with E-state index < -0.39 is 19.9 Å². The first-order chi connectivity index (χ1) is 9.21. The lowest BCUT2D eigenvalue weighted by Gasteiger charge is -2.06. The highest BCUT2D eigenvalue weighted by Crippen LogP contribution is 2.19. The van der Waals surface area contributed by atoms with Crippen molar-refractivity contribution in [3.63, 3.8) is 0 Å². The van der Waals surface area contributed by atoms with E-state index in [0.29, 0.717) is 5.65 Å². The lowest BCUT2D eigenvalue weighted by Crippen LogP contribution is -2.30. The molecule has 0 fully saturated rings. The summed E-state index contributed by atoms with van der Waals surface area (Å²) in [4.78, 5) is 3.94. The second-order valence-electron chi connectivity index (χ2n) is 4.26. The Labute approximate surface area is 116 Å². The maximum Gasteiger partial charge on any atom is 0.260 e. The van der Waals surface area contributed by atoms with E-state index in [1.165, 1.54) is 10.6 Å². The topological polar surface area (TPSA) is 124 Å². The van der Waals surface area contributed by atoms with E-state index >= 15 is 0 Å². The van der Waals surface area contributed by atoms with E-state index in [2.05, 4.69) is 9.71 Å². The maximum absolute atomic E-state index is 12.2. The number of rotatable bonds is 5. The Kier molecular flexibility index (Phi) is 3.71. The van der Waals surface area contributed by atoms with Crippen LogP contribution in [0.3, 0.4) is 0 Å². The Balaban J connectivity index is 2.35. The Morgan fingerprint density at radius 1 is 1.30 bits per heavy atom. The van der Waals surface area contributed by atoms with Gasteiger partial charge in [-0.2, -0.15) is 0 Å². The van der Waals surface area contributed by atoms with Gasteiger partial charge in [0.25, 0.3) is 10.0 Å². The van der Waals surface area contributed by atoms with Gasteiger partial charge in [0.05, 0.1) is 5.75 Å². The number of aromatic nitrogens is 2. The average molecular weight is 318 g/mol. The smallest absolute Gasteiger partial charge is 0.260 e. The normalized spacial score (nSPS) is 12.8. The van der Waals surface area contributed by atoms with E-state index in [0.717, 1.165) is 6.26 Å². The van der Waals surface area contributed by atoms with Crippen LogP contribution < -0.4 is 10.5 Å². The zero-order valence-electron chi connectivity index (χ0n) is 10.6. The fraction of sp³-hybridized carbons (Fsp3) is 0.300. The van der Waals surface area contributed by atoms with Crippen molar-refractivity contribution in [2.75, 3.05) is 24.3 Å². The second kappa shape index (κ2) is 5.04. The molecule has 0 saturated carbocycles. The van der Waals surface area contributed by atoms with Crippen molar-refractivity contribution in [2.45, 2.75) is 5.03 Å². The minimum atomic E-state index is -3.94. The third-order valence-electron chi connectivity index (χ3n) is 2.53. The number of fused-ring (bicyclic) bond motifs is 1. The SMILES string of the molecule is CS(=O)(=O)CCNS(=O)(=O)c1c(N)nc2ccccn12. The van der Waals surface area contributed by atoms with E-state index in [1.807, 2.05) is 0 Å². The molecule has 0 spiro atoms. The van der Waals surface area contributed by atoms with E-state index in [-0.39, 0.29) is 23.1 Å². The minimum Gasteiger partial charge on any atom is -0.381 e. The number of imidazole rings is 1. The number of hydrogen-bond donors (Lipinski definition) is 2. The predicted molar refractivity (Wildman–Crippen MR) is 74.5 cm³/mol. The first kappa shape index (κ1) is 14.8. The number of sulfonamides is 1. The van der Waals surface area contributed by atoms with Gasteiger partial charge in [-0.3, -0.25) is 4.40 Å². The average Bonchev–Trinajstić information content (AvgIpc) is 2.63. The molecule has 0 aliphatic rings. The molecule has 0 unspecified atom stereocenters. The number of sulfone groups is 1. The van der Waals surface area contributed by atoms with E-state index in [4.69, 9.17) is 5.73 Å². The van der Waals surface area contributed by atoms with Crippen molar-refractivity contribution >= 4 is 31.3 Å². The molecule has 3 N–H and O–H groups in total. The first-order valence-corrected chi connectivity index (χ1v) is 9.15. The minimum absolute atomic E-state index is 0.136. The molecule has 110 valence electrons. The van der Waals surface area contributed by atoms with Gasteiger partial charge in [0.2, 0.25) is 0 Å². The summed E-state index contributed by atoms with van der Waals surface area (Å²) >= 11 is 0. The highest BCUT2D eigenvalue weighted by Gasteiger charge is 2.23. The van der Waals surface area contributed by atoms with Crippen LogP contribution in [0.1, 0.15) is 0 Å². The fourth-order valence-corrected chi connectivity index (χ4v) is 3.53. The predicted octanol–water partition coefficient (Wildman–Crippen LogP) is -0.761. The quantitative estimate of drug-likeness (QED) is 0.747. The Bertz CT molecular complexity index is 839. The lowest BCUT2D eigenvalue weighted by atomic mass is 10.5. The van der Waals surface area contributed by atoms with Crippen LogP contribution in [0.15, 0.2) is 29.4 Å². The van der Waals surface area contributed by atoms with Gasteiger partial charge in [-0.25, -0.2) is 26.5 Å². The van der Waals surface area contributed by atoms with E-state index in [9.17, 15) is 16.8 Å². The molecule has 2 rings (SSSR count). The van der Waals surface area contributed by atoms with Gasteiger partial charge in [0, 0.05) is 19.0 Å². The third kappa shape index (κ3) is 3.08. The first-order valence-electron chi connectivity index (χ1n) is 5.61. The van der Waals surface area contributed by atoms with E-state index in [1.54, 1.807) is 18.2 Å². The monoisotopic (exact) mass is 318 g/mol. The van der Waals surface area contributed by atoms with Crippen LogP contribution >= 0.6 is 0 Å². The lowest BCUT2D eigenvalue weighted by molar-refractivity contribution is 0.578. The van der Waals surface area contributed by atoms with Gasteiger partial charge >= 0.3 is 0 Å². The molecule has 0 amide bonds. The molecular formula is C10H14N4O4S2. The molecule has 20 heavy (non-hydrogen) atoms. The summed E-state index contributed by atoms with van der Waals surface area (Å²) in [6.45, 7) is -0.222. The number of nitrogens with one attached hydrogen (secondary N) is 1. The van der Waals surface area contributed by atoms with Crippen molar-refractivity contribution in [1.82, 2.24) is 14.1 Å². The van der Waals surface area contributed by atoms with Crippen LogP contribution in [0.5, 0.6) is 0 Å². The summed E-state index contributed by atoms with van der Waals surface area (Å²) in [5, 5.41) is -0.193. The Morgan fingerprint density at radius 3 is 2.65 bits per heavy atom. The number of nitrogens with two attached hydrogens (primary N) is 1. The van der Waals surface area contributed by atoms with Crippen molar-refractivity contribution in [1.29, 1.82) is 0 Å². The summed E-state index contributed by atoms with van der Waals surface area (Å²) in [6, 6.07) is 4.96. The molecule has 2 aromatic rings. The van der Waals surface area contributed by atoms with Crippen molar-refractivity contribution < 1.29 is 16.8 Å². The molecule has 0 aliphatic heterocycles. The van der Waals surface area contributed by atoms with Gasteiger partial charge in [0.15, 0.2) is 10.8 Å².